The molecule has 4 aliphatic rings. The highest BCUT2D eigenvalue weighted by atomic mass is 16.5. The van der Waals surface area contributed by atoms with Gasteiger partial charge in [-0.1, -0.05) is 43.2 Å². The van der Waals surface area contributed by atoms with Crippen molar-refractivity contribution < 1.29 is 9.53 Å². The second-order valence-corrected chi connectivity index (χ2v) is 9.71. The third-order valence-corrected chi connectivity index (χ3v) is 8.05. The molecule has 0 bridgehead atoms. The first-order valence-electron chi connectivity index (χ1n) is 11.7. The first-order valence-corrected chi connectivity index (χ1v) is 11.7. The fourth-order valence-corrected chi connectivity index (χ4v) is 6.55. The summed E-state index contributed by atoms with van der Waals surface area (Å²) in [6, 6.07) is 11.1. The van der Waals surface area contributed by atoms with Crippen LogP contribution in [0.15, 0.2) is 30.3 Å². The lowest BCUT2D eigenvalue weighted by Gasteiger charge is -2.56. The average molecular weight is 398 g/mol. The van der Waals surface area contributed by atoms with Crippen LogP contribution >= 0.6 is 0 Å². The van der Waals surface area contributed by atoms with Gasteiger partial charge in [-0.05, 0) is 50.1 Å². The van der Waals surface area contributed by atoms with Crippen molar-refractivity contribution >= 4 is 6.03 Å². The zero-order valence-corrected chi connectivity index (χ0v) is 17.4. The molecule has 5 nitrogen and oxygen atoms in total. The van der Waals surface area contributed by atoms with Crippen molar-refractivity contribution in [2.75, 3.05) is 32.8 Å². The van der Waals surface area contributed by atoms with E-state index >= 15 is 0 Å². The summed E-state index contributed by atoms with van der Waals surface area (Å²) >= 11 is 0. The van der Waals surface area contributed by atoms with Crippen LogP contribution in [0.3, 0.4) is 0 Å². The minimum absolute atomic E-state index is 0.0364. The molecule has 2 heterocycles. The summed E-state index contributed by atoms with van der Waals surface area (Å²) in [4.78, 5) is 15.2. The maximum atomic E-state index is 12.6. The van der Waals surface area contributed by atoms with E-state index in [-0.39, 0.29) is 11.4 Å². The van der Waals surface area contributed by atoms with Gasteiger partial charge in [0.2, 0.25) is 0 Å². The Labute approximate surface area is 174 Å². The molecule has 4 atom stereocenters. The van der Waals surface area contributed by atoms with Crippen LogP contribution in [0.1, 0.15) is 44.1 Å². The molecule has 2 amide bonds. The lowest BCUT2D eigenvalue weighted by atomic mass is 9.54. The number of fused-ring (bicyclic) bond motifs is 2. The number of ether oxygens (including phenoxy) is 1. The van der Waals surface area contributed by atoms with E-state index < -0.39 is 0 Å². The van der Waals surface area contributed by atoms with Crippen LogP contribution in [0, 0.1) is 17.3 Å². The zero-order valence-electron chi connectivity index (χ0n) is 17.4. The van der Waals surface area contributed by atoms with E-state index in [0.29, 0.717) is 24.0 Å². The number of carbonyl (C=O) groups is 1. The largest absolute Gasteiger partial charge is 0.377 e. The van der Waals surface area contributed by atoms with Gasteiger partial charge in [0.25, 0.3) is 0 Å². The molecule has 2 aliphatic heterocycles. The highest BCUT2D eigenvalue weighted by Gasteiger charge is 2.65. The van der Waals surface area contributed by atoms with Gasteiger partial charge in [0.15, 0.2) is 0 Å². The highest BCUT2D eigenvalue weighted by molar-refractivity contribution is 5.74. The average Bonchev–Trinajstić information content (AvgIpc) is 3.50. The summed E-state index contributed by atoms with van der Waals surface area (Å²) in [5.41, 5.74) is 1.64. The van der Waals surface area contributed by atoms with E-state index in [9.17, 15) is 4.79 Å². The van der Waals surface area contributed by atoms with Gasteiger partial charge < -0.3 is 20.3 Å². The molecule has 0 radical (unpaired) electrons. The first kappa shape index (κ1) is 19.4. The van der Waals surface area contributed by atoms with Gasteiger partial charge in [0.1, 0.15) is 0 Å². The number of hydrogen-bond donors (Lipinski definition) is 2. The van der Waals surface area contributed by atoms with Crippen molar-refractivity contribution in [3.8, 4) is 0 Å². The second kappa shape index (κ2) is 8.27. The van der Waals surface area contributed by atoms with Gasteiger partial charge >= 0.3 is 6.03 Å². The number of nitrogens with one attached hydrogen (secondary N) is 2. The van der Waals surface area contributed by atoms with E-state index in [4.69, 9.17) is 4.74 Å². The molecule has 2 saturated heterocycles. The maximum Gasteiger partial charge on any atom is 0.315 e. The number of carbonyl (C=O) groups excluding carboxylic acids is 1. The van der Waals surface area contributed by atoms with Gasteiger partial charge in [-0.15, -0.1) is 0 Å². The lowest BCUT2D eigenvalue weighted by Crippen LogP contribution is -2.69. The lowest BCUT2D eigenvalue weighted by molar-refractivity contribution is -0.126. The van der Waals surface area contributed by atoms with Crippen LogP contribution in [-0.2, 0) is 11.2 Å². The predicted octanol–water partition coefficient (Wildman–Crippen LogP) is 3.20. The fraction of sp³-hybridized carbons (Fsp3) is 0.708. The molecular weight excluding hydrogens is 362 g/mol. The Bertz CT molecular complexity index is 703. The van der Waals surface area contributed by atoms with Crippen LogP contribution < -0.4 is 10.6 Å². The Hall–Kier alpha value is -1.59. The molecule has 0 aromatic heterocycles. The third kappa shape index (κ3) is 3.79. The standard InChI is InChI=1S/C24H35N3O2/c28-23(26-21-20-10-15-29-22(20)24(21)11-4-5-12-24)25-16-19-9-14-27(17-19)13-8-18-6-2-1-3-7-18/h1-3,6-7,19-22H,4-5,8-17H2,(H2,25,26,28). The number of benzene rings is 1. The summed E-state index contributed by atoms with van der Waals surface area (Å²) in [6.07, 6.45) is 8.81. The summed E-state index contributed by atoms with van der Waals surface area (Å²) < 4.78 is 6.03. The second-order valence-electron chi connectivity index (χ2n) is 9.71. The van der Waals surface area contributed by atoms with Crippen LogP contribution in [0.5, 0.6) is 0 Å². The van der Waals surface area contributed by atoms with E-state index in [2.05, 4.69) is 45.9 Å². The topological polar surface area (TPSA) is 53.6 Å². The molecule has 2 saturated carbocycles. The highest BCUT2D eigenvalue weighted by Crippen LogP contribution is 2.60. The van der Waals surface area contributed by atoms with Crippen molar-refractivity contribution in [1.29, 1.82) is 0 Å². The minimum atomic E-state index is 0.0364. The minimum Gasteiger partial charge on any atom is -0.377 e. The number of urea groups is 1. The molecular formula is C24H35N3O2. The Kier molecular flexibility index (Phi) is 5.53. The van der Waals surface area contributed by atoms with Crippen LogP contribution in [0.4, 0.5) is 4.79 Å². The van der Waals surface area contributed by atoms with E-state index in [0.717, 1.165) is 45.6 Å². The zero-order chi connectivity index (χ0) is 19.7. The molecule has 5 rings (SSSR count). The van der Waals surface area contributed by atoms with Crippen molar-refractivity contribution in [3.05, 3.63) is 35.9 Å². The molecule has 2 aliphatic carbocycles. The quantitative estimate of drug-likeness (QED) is 0.775. The van der Waals surface area contributed by atoms with Crippen LogP contribution in [0.2, 0.25) is 0 Å². The van der Waals surface area contributed by atoms with Gasteiger partial charge in [-0.2, -0.15) is 0 Å². The Morgan fingerprint density at radius 3 is 2.83 bits per heavy atom. The molecule has 4 unspecified atom stereocenters. The third-order valence-electron chi connectivity index (χ3n) is 8.05. The van der Waals surface area contributed by atoms with E-state index in [1.807, 2.05) is 0 Å². The molecule has 29 heavy (non-hydrogen) atoms. The summed E-state index contributed by atoms with van der Waals surface area (Å²) in [5, 5.41) is 6.55. The molecule has 1 aromatic rings. The number of rotatable bonds is 6. The smallest absolute Gasteiger partial charge is 0.315 e. The maximum absolute atomic E-state index is 12.6. The van der Waals surface area contributed by atoms with Crippen molar-refractivity contribution in [3.63, 3.8) is 0 Å². The van der Waals surface area contributed by atoms with Crippen LogP contribution in [-0.4, -0.2) is 55.9 Å². The Balaban J connectivity index is 1.05. The molecule has 1 aromatic carbocycles. The first-order chi connectivity index (χ1) is 14.2. The number of likely N-dealkylation sites (tertiary alicyclic amines) is 1. The number of amides is 2. The van der Waals surface area contributed by atoms with E-state index in [1.165, 1.54) is 37.7 Å². The van der Waals surface area contributed by atoms with Crippen molar-refractivity contribution in [2.24, 2.45) is 17.3 Å². The predicted molar refractivity (Wildman–Crippen MR) is 114 cm³/mol. The van der Waals surface area contributed by atoms with Crippen molar-refractivity contribution in [1.82, 2.24) is 15.5 Å². The molecule has 5 heteroatoms. The summed E-state index contributed by atoms with van der Waals surface area (Å²) in [6.45, 7) is 5.02. The SMILES string of the molecule is O=C(NCC1CCN(CCc2ccccc2)C1)NC1C2CCOC2C12CCCC2. The monoisotopic (exact) mass is 397 g/mol. The summed E-state index contributed by atoms with van der Waals surface area (Å²) in [5.74, 6) is 1.11. The van der Waals surface area contributed by atoms with E-state index in [1.54, 1.807) is 0 Å². The number of hydrogen-bond acceptors (Lipinski definition) is 3. The Morgan fingerprint density at radius 1 is 1.17 bits per heavy atom. The van der Waals surface area contributed by atoms with Crippen molar-refractivity contribution in [2.45, 2.75) is 57.1 Å². The normalized spacial score (nSPS) is 32.8. The number of nitrogens with zero attached hydrogens (tertiary/aromatic N) is 1. The molecule has 158 valence electrons. The molecule has 4 fully saturated rings. The van der Waals surface area contributed by atoms with Gasteiger partial charge in [-0.3, -0.25) is 0 Å². The Morgan fingerprint density at radius 2 is 2.00 bits per heavy atom. The van der Waals surface area contributed by atoms with Gasteiger partial charge in [-0.25, -0.2) is 4.79 Å². The van der Waals surface area contributed by atoms with Crippen LogP contribution in [0.25, 0.3) is 0 Å². The summed E-state index contributed by atoms with van der Waals surface area (Å²) in [7, 11) is 0. The fourth-order valence-electron chi connectivity index (χ4n) is 6.55. The molecule has 1 spiro atoms. The van der Waals surface area contributed by atoms with Gasteiger partial charge in [0, 0.05) is 43.6 Å². The van der Waals surface area contributed by atoms with Gasteiger partial charge in [0.05, 0.1) is 6.10 Å². The molecule has 2 N–H and O–H groups in total.